The molecule has 0 atom stereocenters. The zero-order chi connectivity index (χ0) is 20.4. The van der Waals surface area contributed by atoms with Crippen molar-refractivity contribution in [1.82, 2.24) is 19.9 Å². The monoisotopic (exact) mass is 383 g/mol. The van der Waals surface area contributed by atoms with Crippen LogP contribution in [0, 0.1) is 6.92 Å². The van der Waals surface area contributed by atoms with Gasteiger partial charge in [0.25, 0.3) is 0 Å². The number of nitrogens with one attached hydrogen (secondary N) is 2. The number of aryl methyl sites for hydroxylation is 1. The fraction of sp³-hybridized carbons (Fsp3) is 0.167. The van der Waals surface area contributed by atoms with Crippen molar-refractivity contribution in [3.63, 3.8) is 0 Å². The summed E-state index contributed by atoms with van der Waals surface area (Å²) in [5.74, 6) is 0.775. The molecule has 2 N–H and O–H groups in total. The number of allylic oxidation sites excluding steroid dienone is 1. The van der Waals surface area contributed by atoms with Crippen LogP contribution in [-0.4, -0.2) is 21.1 Å². The Hall–Kier alpha value is -3.60. The van der Waals surface area contributed by atoms with Gasteiger partial charge in [0.15, 0.2) is 0 Å². The van der Waals surface area contributed by atoms with Crippen molar-refractivity contribution in [2.75, 3.05) is 11.9 Å². The minimum absolute atomic E-state index is 0.775. The highest BCUT2D eigenvalue weighted by molar-refractivity contribution is 5.83. The van der Waals surface area contributed by atoms with E-state index in [4.69, 9.17) is 4.98 Å². The number of hydrogen-bond acceptors (Lipinski definition) is 4. The van der Waals surface area contributed by atoms with Crippen LogP contribution < -0.4 is 10.6 Å². The third-order valence-electron chi connectivity index (χ3n) is 5.18. The first kappa shape index (κ1) is 18.7. The molecular formula is C24H25N5. The summed E-state index contributed by atoms with van der Waals surface area (Å²) in [7, 11) is 0. The molecule has 0 amide bonds. The number of nitrogens with zero attached hydrogens (tertiary/aromatic N) is 3. The number of hydrogen-bond donors (Lipinski definition) is 2. The summed E-state index contributed by atoms with van der Waals surface area (Å²) in [5.41, 5.74) is 8.34. The predicted octanol–water partition coefficient (Wildman–Crippen LogP) is 4.69. The van der Waals surface area contributed by atoms with Crippen molar-refractivity contribution in [2.45, 2.75) is 20.4 Å². The summed E-state index contributed by atoms with van der Waals surface area (Å²) in [6.07, 6.45) is 7.85. The maximum atomic E-state index is 4.76. The van der Waals surface area contributed by atoms with E-state index in [1.165, 1.54) is 11.1 Å². The van der Waals surface area contributed by atoms with Crippen LogP contribution >= 0.6 is 0 Å². The predicted molar refractivity (Wildman–Crippen MR) is 120 cm³/mol. The second-order valence-corrected chi connectivity index (χ2v) is 7.08. The van der Waals surface area contributed by atoms with Crippen LogP contribution in [0.25, 0.3) is 17.0 Å². The van der Waals surface area contributed by atoms with E-state index >= 15 is 0 Å². The van der Waals surface area contributed by atoms with Crippen LogP contribution in [0.1, 0.15) is 35.0 Å². The van der Waals surface area contributed by atoms with Crippen molar-refractivity contribution in [3.8, 4) is 0 Å². The van der Waals surface area contributed by atoms with Crippen LogP contribution in [-0.2, 0) is 6.54 Å². The molecule has 3 aromatic rings. The number of rotatable bonds is 5. The van der Waals surface area contributed by atoms with Crippen LogP contribution in [0.3, 0.4) is 0 Å². The van der Waals surface area contributed by atoms with Crippen LogP contribution in [0.15, 0.2) is 68.2 Å². The van der Waals surface area contributed by atoms with Gasteiger partial charge in [0.1, 0.15) is 5.82 Å². The topological polar surface area (TPSA) is 54.8 Å². The smallest absolute Gasteiger partial charge is 0.130 e. The van der Waals surface area contributed by atoms with Gasteiger partial charge in [-0.2, -0.15) is 0 Å². The van der Waals surface area contributed by atoms with Gasteiger partial charge in [-0.05, 0) is 49.8 Å². The molecule has 5 heteroatoms. The molecule has 0 aliphatic carbocycles. The molecule has 0 unspecified atom stereocenters. The van der Waals surface area contributed by atoms with Crippen molar-refractivity contribution in [2.24, 2.45) is 0 Å². The lowest BCUT2D eigenvalue weighted by Gasteiger charge is -2.18. The molecule has 0 saturated carbocycles. The number of pyridine rings is 2. The Kier molecular flexibility index (Phi) is 5.04. The highest BCUT2D eigenvalue weighted by Crippen LogP contribution is 2.30. The van der Waals surface area contributed by atoms with E-state index < -0.39 is 0 Å². The molecule has 29 heavy (non-hydrogen) atoms. The molecule has 0 radical (unpaired) electrons. The molecule has 0 saturated heterocycles. The van der Waals surface area contributed by atoms with E-state index in [0.29, 0.717) is 0 Å². The Bertz CT molecular complexity index is 1110. The first-order valence-electron chi connectivity index (χ1n) is 9.71. The Morgan fingerprint density at radius 3 is 2.69 bits per heavy atom. The average Bonchev–Trinajstić information content (AvgIpc) is 3.16. The zero-order valence-electron chi connectivity index (χ0n) is 16.9. The van der Waals surface area contributed by atoms with Gasteiger partial charge in [-0.3, -0.25) is 4.98 Å². The van der Waals surface area contributed by atoms with Crippen molar-refractivity contribution in [1.29, 1.82) is 0 Å². The highest BCUT2D eigenvalue weighted by Gasteiger charge is 2.17. The van der Waals surface area contributed by atoms with Crippen molar-refractivity contribution >= 4 is 22.8 Å². The van der Waals surface area contributed by atoms with E-state index in [1.54, 1.807) is 12.4 Å². The minimum atomic E-state index is 0.775. The van der Waals surface area contributed by atoms with Gasteiger partial charge in [-0.25, -0.2) is 4.98 Å². The first-order valence-corrected chi connectivity index (χ1v) is 9.71. The van der Waals surface area contributed by atoms with Gasteiger partial charge in [0.2, 0.25) is 0 Å². The number of fused-ring (bicyclic) bond motifs is 1. The minimum Gasteiger partial charge on any atom is -0.382 e. The molecule has 146 valence electrons. The van der Waals surface area contributed by atoms with E-state index in [-0.39, 0.29) is 0 Å². The van der Waals surface area contributed by atoms with E-state index in [9.17, 15) is 0 Å². The molecule has 1 aliphatic heterocycles. The van der Waals surface area contributed by atoms with E-state index in [0.717, 1.165) is 52.8 Å². The third kappa shape index (κ3) is 3.72. The molecule has 0 bridgehead atoms. The second-order valence-electron chi connectivity index (χ2n) is 7.08. The van der Waals surface area contributed by atoms with Crippen LogP contribution in [0.5, 0.6) is 0 Å². The van der Waals surface area contributed by atoms with Gasteiger partial charge >= 0.3 is 0 Å². The first-order chi connectivity index (χ1) is 14.1. The second kappa shape index (κ2) is 7.80. The van der Waals surface area contributed by atoms with Gasteiger partial charge in [-0.15, -0.1) is 0 Å². The van der Waals surface area contributed by atoms with Crippen LogP contribution in [0.4, 0.5) is 5.82 Å². The van der Waals surface area contributed by atoms with Gasteiger partial charge < -0.3 is 15.2 Å². The molecule has 3 aromatic heterocycles. The lowest BCUT2D eigenvalue weighted by Crippen LogP contribution is -2.25. The molecule has 4 rings (SSSR count). The summed E-state index contributed by atoms with van der Waals surface area (Å²) in [6, 6.07) is 10.1. The molecule has 5 nitrogen and oxygen atoms in total. The molecule has 0 fully saturated rings. The summed E-state index contributed by atoms with van der Waals surface area (Å²) < 4.78 is 2.26. The molecular weight excluding hydrogens is 358 g/mol. The SMILES string of the molecule is C=C(Nc1ccc(/C(=C\C)c2cc3n(c2)CCNC3=C)c(C)n1)c1ccncc1. The summed E-state index contributed by atoms with van der Waals surface area (Å²) in [4.78, 5) is 8.81. The fourth-order valence-electron chi connectivity index (χ4n) is 3.69. The Labute approximate surface area is 171 Å². The van der Waals surface area contributed by atoms with Gasteiger partial charge in [-0.1, -0.05) is 19.2 Å². The maximum Gasteiger partial charge on any atom is 0.130 e. The van der Waals surface area contributed by atoms with Crippen molar-refractivity contribution < 1.29 is 0 Å². The highest BCUT2D eigenvalue weighted by atomic mass is 15.1. The molecule has 1 aliphatic rings. The lowest BCUT2D eigenvalue weighted by atomic mass is 9.98. The van der Waals surface area contributed by atoms with E-state index in [1.807, 2.05) is 25.1 Å². The maximum absolute atomic E-state index is 4.76. The largest absolute Gasteiger partial charge is 0.382 e. The van der Waals surface area contributed by atoms with Crippen LogP contribution in [0.2, 0.25) is 0 Å². The lowest BCUT2D eigenvalue weighted by molar-refractivity contribution is 0.627. The Morgan fingerprint density at radius 2 is 2.00 bits per heavy atom. The van der Waals surface area contributed by atoms with Crippen molar-refractivity contribution in [3.05, 3.63) is 96.2 Å². The van der Waals surface area contributed by atoms with Gasteiger partial charge in [0, 0.05) is 59.8 Å². The molecule has 4 heterocycles. The summed E-state index contributed by atoms with van der Waals surface area (Å²) in [6.45, 7) is 14.2. The summed E-state index contributed by atoms with van der Waals surface area (Å²) in [5, 5.41) is 6.62. The Balaban J connectivity index is 1.60. The molecule has 0 spiro atoms. The van der Waals surface area contributed by atoms with E-state index in [2.05, 4.69) is 64.7 Å². The average molecular weight is 383 g/mol. The normalized spacial score (nSPS) is 13.6. The fourth-order valence-corrected chi connectivity index (χ4v) is 3.69. The number of anilines is 1. The zero-order valence-corrected chi connectivity index (χ0v) is 16.9. The standard InChI is InChI=1S/C24H25N5/c1-5-21(20-14-23-18(4)26-12-13-29(23)15-20)22-6-7-24(28-17(22)3)27-16(2)19-8-10-25-11-9-19/h5-11,14-15,26H,2,4,12-13H2,1,3H3,(H,27,28)/b21-5-. The molecule has 0 aromatic carbocycles. The number of aromatic nitrogens is 3. The quantitative estimate of drug-likeness (QED) is 0.671. The summed E-state index contributed by atoms with van der Waals surface area (Å²) >= 11 is 0. The Morgan fingerprint density at radius 1 is 1.21 bits per heavy atom. The van der Waals surface area contributed by atoms with Gasteiger partial charge in [0.05, 0.1) is 11.4 Å². The third-order valence-corrected chi connectivity index (χ3v) is 5.18.